The van der Waals surface area contributed by atoms with Gasteiger partial charge in [0, 0.05) is 4.47 Å². The number of nitrogens with zero attached hydrogens (tertiary/aromatic N) is 1. The molecule has 0 aliphatic heterocycles. The number of carbonyl (C=O) groups is 1. The van der Waals surface area contributed by atoms with Crippen LogP contribution < -0.4 is 11.1 Å². The summed E-state index contributed by atoms with van der Waals surface area (Å²) in [6.07, 6.45) is 0. The van der Waals surface area contributed by atoms with Crippen LogP contribution in [-0.4, -0.2) is 11.1 Å². The second kappa shape index (κ2) is 3.71. The number of nitrogens with two attached hydrogens (primary N) is 1. The Hall–Kier alpha value is -1.14. The van der Waals surface area contributed by atoms with Crippen LogP contribution in [0.15, 0.2) is 22.7 Å². The maximum Gasteiger partial charge on any atom is 0.335 e. The molecule has 0 radical (unpaired) electrons. The van der Waals surface area contributed by atoms with Crippen molar-refractivity contribution in [3.8, 4) is 0 Å². The van der Waals surface area contributed by atoms with Crippen molar-refractivity contribution in [2.24, 2.45) is 5.84 Å². The van der Waals surface area contributed by atoms with E-state index in [1.807, 2.05) is 0 Å². The molecular formula is C7H6BrFN2O2. The number of hydrogen-bond acceptors (Lipinski definition) is 3. The van der Waals surface area contributed by atoms with Gasteiger partial charge in [-0.1, -0.05) is 4.48 Å². The van der Waals surface area contributed by atoms with Crippen LogP contribution >= 0.6 is 15.9 Å². The normalized spacial score (nSPS) is 9.77. The number of anilines is 1. The Kier molecular flexibility index (Phi) is 2.84. The van der Waals surface area contributed by atoms with Crippen LogP contribution in [0, 0.1) is 0 Å². The molecule has 6 heteroatoms. The van der Waals surface area contributed by atoms with E-state index in [9.17, 15) is 9.28 Å². The van der Waals surface area contributed by atoms with Gasteiger partial charge in [0.25, 0.3) is 0 Å². The van der Waals surface area contributed by atoms with Crippen LogP contribution in [-0.2, 0) is 0 Å². The van der Waals surface area contributed by atoms with E-state index < -0.39 is 5.97 Å². The lowest BCUT2D eigenvalue weighted by molar-refractivity contribution is 0.0697. The van der Waals surface area contributed by atoms with Gasteiger partial charge in [-0.2, -0.15) is 0 Å². The highest BCUT2D eigenvalue weighted by Gasteiger charge is 2.10. The summed E-state index contributed by atoms with van der Waals surface area (Å²) >= 11 is 3.03. The van der Waals surface area contributed by atoms with E-state index in [0.717, 1.165) is 6.07 Å². The lowest BCUT2D eigenvalue weighted by Crippen LogP contribution is -2.20. The molecule has 3 N–H and O–H groups in total. The summed E-state index contributed by atoms with van der Waals surface area (Å²) < 4.78 is 12.9. The average Bonchev–Trinajstić information content (AvgIpc) is 2.04. The molecule has 13 heavy (non-hydrogen) atoms. The van der Waals surface area contributed by atoms with E-state index in [4.69, 9.17) is 10.9 Å². The minimum absolute atomic E-state index is 0.0219. The number of hydrogen-bond donors (Lipinski definition) is 2. The molecule has 0 saturated carbocycles. The predicted octanol–water partition coefficient (Wildman–Crippen LogP) is 1.71. The van der Waals surface area contributed by atoms with E-state index in [2.05, 4.69) is 15.9 Å². The first-order valence-corrected chi connectivity index (χ1v) is 4.05. The summed E-state index contributed by atoms with van der Waals surface area (Å²) in [6.45, 7) is 0. The minimum Gasteiger partial charge on any atom is -0.478 e. The van der Waals surface area contributed by atoms with Gasteiger partial charge in [-0.05, 0) is 34.1 Å². The molecule has 1 aromatic rings. The van der Waals surface area contributed by atoms with Crippen LogP contribution in [0.1, 0.15) is 10.4 Å². The minimum atomic E-state index is -1.13. The van der Waals surface area contributed by atoms with Gasteiger partial charge in [-0.15, -0.1) is 5.23 Å². The van der Waals surface area contributed by atoms with Crippen LogP contribution in [0.25, 0.3) is 0 Å². The Balaban J connectivity index is 3.19. The van der Waals surface area contributed by atoms with Gasteiger partial charge in [0.2, 0.25) is 0 Å². The smallest absolute Gasteiger partial charge is 0.335 e. The maximum atomic E-state index is 12.5. The molecule has 0 atom stereocenters. The van der Waals surface area contributed by atoms with E-state index >= 15 is 0 Å². The summed E-state index contributed by atoms with van der Waals surface area (Å²) in [6, 6.07) is 3.89. The Morgan fingerprint density at radius 3 is 2.69 bits per heavy atom. The fourth-order valence-corrected chi connectivity index (χ4v) is 1.23. The molecule has 0 fully saturated rings. The Labute approximate surface area is 81.8 Å². The van der Waals surface area contributed by atoms with Crippen molar-refractivity contribution in [3.63, 3.8) is 0 Å². The highest BCUT2D eigenvalue weighted by atomic mass is 79.9. The van der Waals surface area contributed by atoms with E-state index in [1.54, 1.807) is 0 Å². The molecule has 0 aromatic heterocycles. The van der Waals surface area contributed by atoms with E-state index in [-0.39, 0.29) is 16.5 Å². The summed E-state index contributed by atoms with van der Waals surface area (Å²) in [5.41, 5.74) is -0.0498. The third kappa shape index (κ3) is 2.16. The number of carboxylic acids is 1. The summed E-state index contributed by atoms with van der Waals surface area (Å²) in [5, 5.41) is 8.44. The zero-order valence-corrected chi connectivity index (χ0v) is 7.95. The zero-order chi connectivity index (χ0) is 10.0. The molecule has 0 heterocycles. The number of rotatable bonds is 2. The molecule has 0 bridgehead atoms. The third-order valence-corrected chi connectivity index (χ3v) is 2.09. The largest absolute Gasteiger partial charge is 0.478 e. The van der Waals surface area contributed by atoms with Gasteiger partial charge >= 0.3 is 5.97 Å². The van der Waals surface area contributed by atoms with Crippen LogP contribution in [0.4, 0.5) is 10.2 Å². The summed E-state index contributed by atoms with van der Waals surface area (Å²) in [7, 11) is 0. The van der Waals surface area contributed by atoms with Crippen LogP contribution in [0.2, 0.25) is 0 Å². The molecule has 1 rings (SSSR count). The average molecular weight is 249 g/mol. The Morgan fingerprint density at radius 2 is 2.23 bits per heavy atom. The van der Waals surface area contributed by atoms with E-state index in [1.165, 1.54) is 12.1 Å². The molecule has 0 unspecified atom stereocenters. The lowest BCUT2D eigenvalue weighted by Gasteiger charge is -2.09. The van der Waals surface area contributed by atoms with Crippen molar-refractivity contribution >= 4 is 27.6 Å². The topological polar surface area (TPSA) is 66.6 Å². The molecule has 0 aliphatic carbocycles. The molecular weight excluding hydrogens is 243 g/mol. The molecule has 70 valence electrons. The Bertz CT molecular complexity index is 343. The quantitative estimate of drug-likeness (QED) is 0.475. The summed E-state index contributed by atoms with van der Waals surface area (Å²) in [5.74, 6) is 3.70. The third-order valence-electron chi connectivity index (χ3n) is 1.42. The fourth-order valence-electron chi connectivity index (χ4n) is 0.809. The van der Waals surface area contributed by atoms with Gasteiger partial charge in [0.15, 0.2) is 0 Å². The molecule has 0 saturated heterocycles. The van der Waals surface area contributed by atoms with Crippen molar-refractivity contribution in [1.29, 1.82) is 0 Å². The van der Waals surface area contributed by atoms with Gasteiger partial charge < -0.3 is 5.11 Å². The van der Waals surface area contributed by atoms with Gasteiger partial charge in [0.05, 0.1) is 5.56 Å². The number of halogens is 2. The van der Waals surface area contributed by atoms with Crippen molar-refractivity contribution in [2.75, 3.05) is 5.23 Å². The van der Waals surface area contributed by atoms with Crippen LogP contribution in [0.3, 0.4) is 0 Å². The van der Waals surface area contributed by atoms with Crippen molar-refractivity contribution < 1.29 is 14.4 Å². The number of carboxylic acid groups (broad SMARTS) is 1. The van der Waals surface area contributed by atoms with E-state index in [0.29, 0.717) is 4.47 Å². The fraction of sp³-hybridized carbons (Fsp3) is 0. The lowest BCUT2D eigenvalue weighted by atomic mass is 10.2. The highest BCUT2D eigenvalue weighted by Crippen LogP contribution is 2.25. The van der Waals surface area contributed by atoms with Gasteiger partial charge in [0.1, 0.15) is 5.69 Å². The first-order valence-electron chi connectivity index (χ1n) is 3.26. The molecule has 1 aromatic carbocycles. The monoisotopic (exact) mass is 248 g/mol. The first-order chi connectivity index (χ1) is 6.02. The Morgan fingerprint density at radius 1 is 1.62 bits per heavy atom. The van der Waals surface area contributed by atoms with Crippen molar-refractivity contribution in [2.45, 2.75) is 0 Å². The number of aromatic carboxylic acids is 1. The van der Waals surface area contributed by atoms with Gasteiger partial charge in [-0.3, -0.25) is 0 Å². The molecule has 0 aliphatic rings. The zero-order valence-electron chi connectivity index (χ0n) is 6.37. The molecule has 4 nitrogen and oxygen atoms in total. The molecule has 0 amide bonds. The SMILES string of the molecule is NN(F)c1cc(C(=O)O)ccc1Br. The number of hydrazine groups is 1. The first kappa shape index (κ1) is 9.94. The predicted molar refractivity (Wildman–Crippen MR) is 48.9 cm³/mol. The second-order valence-corrected chi connectivity index (χ2v) is 3.14. The van der Waals surface area contributed by atoms with Crippen molar-refractivity contribution in [3.05, 3.63) is 28.2 Å². The second-order valence-electron chi connectivity index (χ2n) is 2.28. The van der Waals surface area contributed by atoms with Crippen LogP contribution in [0.5, 0.6) is 0 Å². The standard InChI is InChI=1S/C7H6BrFN2O2/c8-5-2-1-4(7(12)13)3-6(5)11(9)10/h1-3H,10H2,(H,12,13). The highest BCUT2D eigenvalue weighted by molar-refractivity contribution is 9.10. The summed E-state index contributed by atoms with van der Waals surface area (Å²) in [4.78, 5) is 10.5. The maximum absolute atomic E-state index is 12.5. The van der Waals surface area contributed by atoms with Crippen molar-refractivity contribution in [1.82, 2.24) is 0 Å². The molecule has 0 spiro atoms. The van der Waals surface area contributed by atoms with Gasteiger partial charge in [-0.25, -0.2) is 10.6 Å². The number of benzene rings is 1.